The van der Waals surface area contributed by atoms with Crippen molar-refractivity contribution < 1.29 is 14.6 Å². The Labute approximate surface area is 214 Å². The summed E-state index contributed by atoms with van der Waals surface area (Å²) in [5.41, 5.74) is 5.60. The number of nitrogens with one attached hydrogen (secondary N) is 2. The maximum absolute atomic E-state index is 9.75. The molecule has 0 radical (unpaired) electrons. The summed E-state index contributed by atoms with van der Waals surface area (Å²) in [6.07, 6.45) is 5.84. The quantitative estimate of drug-likeness (QED) is 0.386. The summed E-state index contributed by atoms with van der Waals surface area (Å²) in [7, 11) is 4.01. The molecule has 6 rings (SSSR count). The zero-order valence-electron chi connectivity index (χ0n) is 21.3. The van der Waals surface area contributed by atoms with E-state index in [-0.39, 0.29) is 18.8 Å². The van der Waals surface area contributed by atoms with Gasteiger partial charge in [-0.1, -0.05) is 6.07 Å². The lowest BCUT2D eigenvalue weighted by Crippen LogP contribution is -2.43. The van der Waals surface area contributed by atoms with Crippen LogP contribution in [0.25, 0.3) is 34.2 Å². The summed E-state index contributed by atoms with van der Waals surface area (Å²) in [5.74, 6) is 1.30. The first-order valence-corrected chi connectivity index (χ1v) is 12.7. The number of likely N-dealkylation sites (N-methyl/N-ethyl adjacent to an activating group) is 1. The number of hydrogen-bond acceptors (Lipinski definition) is 8. The predicted octanol–water partition coefficient (Wildman–Crippen LogP) is 1.89. The van der Waals surface area contributed by atoms with Crippen LogP contribution in [0, 0.1) is 0 Å². The Bertz CT molecular complexity index is 1450. The minimum absolute atomic E-state index is 0.0128. The lowest BCUT2D eigenvalue weighted by molar-refractivity contribution is 0.104. The minimum Gasteiger partial charge on any atom is -0.476 e. The van der Waals surface area contributed by atoms with Gasteiger partial charge in [0.1, 0.15) is 6.10 Å². The first kappa shape index (κ1) is 23.7. The molecule has 0 unspecified atom stereocenters. The zero-order valence-corrected chi connectivity index (χ0v) is 21.3. The predicted molar refractivity (Wildman–Crippen MR) is 140 cm³/mol. The number of aliphatic hydroxyl groups is 1. The van der Waals surface area contributed by atoms with Gasteiger partial charge in [-0.3, -0.25) is 14.7 Å². The number of H-pyrrole nitrogens is 1. The molecule has 11 nitrogen and oxygen atoms in total. The molecular weight excluding hydrogens is 472 g/mol. The van der Waals surface area contributed by atoms with E-state index < -0.39 is 0 Å². The summed E-state index contributed by atoms with van der Waals surface area (Å²) in [6.45, 7) is 4.96. The van der Waals surface area contributed by atoms with Gasteiger partial charge in [0.15, 0.2) is 0 Å². The van der Waals surface area contributed by atoms with Crippen LogP contribution >= 0.6 is 0 Å². The summed E-state index contributed by atoms with van der Waals surface area (Å²) >= 11 is 0. The van der Waals surface area contributed by atoms with Gasteiger partial charge in [-0.2, -0.15) is 10.2 Å². The van der Waals surface area contributed by atoms with Crippen molar-refractivity contribution in [2.45, 2.75) is 32.2 Å². The number of aromatic amines is 1. The highest BCUT2D eigenvalue weighted by atomic mass is 16.5. The normalized spacial score (nSPS) is 20.6. The SMILES string of the molecule is CCOc1nn(CCO)c2c1/C=C/c1[nH]nc3ccc(cc13)-c1cnn(C)c1O[C@H]1CNC[C@@H]1N(C)C2. The molecule has 2 aliphatic heterocycles. The lowest BCUT2D eigenvalue weighted by Gasteiger charge is -2.29. The average Bonchev–Trinajstić information content (AvgIpc) is 3.66. The van der Waals surface area contributed by atoms with E-state index in [9.17, 15) is 5.11 Å². The maximum atomic E-state index is 9.75. The Kier molecular flexibility index (Phi) is 6.19. The molecule has 3 N–H and O–H groups in total. The van der Waals surface area contributed by atoms with Gasteiger partial charge in [-0.25, -0.2) is 4.68 Å². The van der Waals surface area contributed by atoms with Crippen LogP contribution in [0.2, 0.25) is 0 Å². The average molecular weight is 505 g/mol. The number of aromatic nitrogens is 6. The fourth-order valence-corrected chi connectivity index (χ4v) is 5.30. The monoisotopic (exact) mass is 504 g/mol. The third kappa shape index (κ3) is 4.18. The summed E-state index contributed by atoms with van der Waals surface area (Å²) in [6, 6.07) is 6.31. The molecule has 0 amide bonds. The van der Waals surface area contributed by atoms with Crippen LogP contribution in [0.15, 0.2) is 24.4 Å². The third-order valence-electron chi connectivity index (χ3n) is 7.21. The van der Waals surface area contributed by atoms with Crippen LogP contribution in [0.1, 0.15) is 23.9 Å². The fraction of sp³-hybridized carbons (Fsp3) is 0.423. The fourth-order valence-electron chi connectivity index (χ4n) is 5.30. The largest absolute Gasteiger partial charge is 0.476 e. The van der Waals surface area contributed by atoms with E-state index in [2.05, 4.69) is 44.7 Å². The van der Waals surface area contributed by atoms with Gasteiger partial charge in [0, 0.05) is 32.1 Å². The van der Waals surface area contributed by atoms with Gasteiger partial charge in [-0.05, 0) is 43.8 Å². The molecule has 2 atom stereocenters. The number of ether oxygens (including phenoxy) is 2. The van der Waals surface area contributed by atoms with E-state index in [1.165, 1.54) is 0 Å². The summed E-state index contributed by atoms with van der Waals surface area (Å²) in [4.78, 5) is 2.28. The highest BCUT2D eigenvalue weighted by Gasteiger charge is 2.34. The number of nitrogens with zero attached hydrogens (tertiary/aromatic N) is 6. The van der Waals surface area contributed by atoms with Crippen molar-refractivity contribution in [2.75, 3.05) is 33.4 Å². The molecule has 11 heteroatoms. The topological polar surface area (TPSA) is 118 Å². The van der Waals surface area contributed by atoms with Crippen molar-refractivity contribution in [3.63, 3.8) is 0 Å². The number of fused-ring (bicyclic) bond motifs is 5. The van der Waals surface area contributed by atoms with Crippen molar-refractivity contribution in [2.24, 2.45) is 7.05 Å². The Morgan fingerprint density at radius 2 is 2.11 bits per heavy atom. The van der Waals surface area contributed by atoms with Gasteiger partial charge in [0.25, 0.3) is 0 Å². The van der Waals surface area contributed by atoms with Crippen molar-refractivity contribution >= 4 is 23.1 Å². The Balaban J connectivity index is 1.55. The number of rotatable bonds is 4. The van der Waals surface area contributed by atoms with Gasteiger partial charge < -0.3 is 19.9 Å². The molecule has 2 bridgehead atoms. The summed E-state index contributed by atoms with van der Waals surface area (Å²) < 4.78 is 16.2. The van der Waals surface area contributed by atoms with Gasteiger partial charge in [-0.15, -0.1) is 5.10 Å². The van der Waals surface area contributed by atoms with Crippen molar-refractivity contribution in [3.8, 4) is 22.9 Å². The molecule has 4 aromatic rings. The molecule has 0 saturated carbocycles. The van der Waals surface area contributed by atoms with E-state index in [4.69, 9.17) is 14.6 Å². The highest BCUT2D eigenvalue weighted by Crippen LogP contribution is 2.35. The Morgan fingerprint density at radius 3 is 2.95 bits per heavy atom. The Hall–Kier alpha value is -3.67. The van der Waals surface area contributed by atoms with Gasteiger partial charge in [0.2, 0.25) is 11.8 Å². The highest BCUT2D eigenvalue weighted by molar-refractivity contribution is 5.93. The second-order valence-corrected chi connectivity index (χ2v) is 9.53. The van der Waals surface area contributed by atoms with E-state index in [0.717, 1.165) is 58.0 Å². The Morgan fingerprint density at radius 1 is 1.22 bits per heavy atom. The molecular formula is C26H32N8O3. The van der Waals surface area contributed by atoms with Crippen LogP contribution in [0.5, 0.6) is 11.8 Å². The second kappa shape index (κ2) is 9.66. The molecule has 1 aromatic carbocycles. The van der Waals surface area contributed by atoms with E-state index in [1.54, 1.807) is 4.68 Å². The number of aryl methyl sites for hydroxylation is 1. The molecule has 37 heavy (non-hydrogen) atoms. The molecule has 1 saturated heterocycles. The molecule has 1 fully saturated rings. The molecule has 0 spiro atoms. The van der Waals surface area contributed by atoms with Crippen LogP contribution in [-0.4, -0.2) is 85.3 Å². The van der Waals surface area contributed by atoms with Gasteiger partial charge in [0.05, 0.1) is 60.0 Å². The van der Waals surface area contributed by atoms with Crippen LogP contribution in [-0.2, 0) is 20.1 Å². The number of aliphatic hydroxyl groups excluding tert-OH is 1. The van der Waals surface area contributed by atoms with E-state index in [0.29, 0.717) is 25.6 Å². The lowest BCUT2D eigenvalue weighted by atomic mass is 10.1. The van der Waals surface area contributed by atoms with Crippen LogP contribution in [0.3, 0.4) is 0 Å². The maximum Gasteiger partial charge on any atom is 0.240 e. The first-order chi connectivity index (χ1) is 18.1. The standard InChI is InChI=1S/C26H32N8O3/c1-4-36-25-17-6-8-21-18-11-16(5-7-20(18)29-30-21)19-12-28-33(3)26(19)37-24-14-27-13-22(24)32(2)15-23(17)34(31-25)9-10-35/h5-8,11-12,22,24,27,35H,4,9-10,13-15H2,1-3H3,(H,29,30)/b8-6+/t22-,24-/m0/s1. The van der Waals surface area contributed by atoms with E-state index >= 15 is 0 Å². The van der Waals surface area contributed by atoms with Crippen molar-refractivity contribution in [1.29, 1.82) is 0 Å². The zero-order chi connectivity index (χ0) is 25.5. The third-order valence-corrected chi connectivity index (χ3v) is 7.21. The van der Waals surface area contributed by atoms with Crippen LogP contribution < -0.4 is 14.8 Å². The molecule has 2 aliphatic rings. The molecule has 0 aliphatic carbocycles. The summed E-state index contributed by atoms with van der Waals surface area (Å²) in [5, 5.41) is 31.1. The molecule has 5 heterocycles. The van der Waals surface area contributed by atoms with Crippen molar-refractivity contribution in [1.82, 2.24) is 40.0 Å². The van der Waals surface area contributed by atoms with Gasteiger partial charge >= 0.3 is 0 Å². The number of hydrogen-bond donors (Lipinski definition) is 3. The van der Waals surface area contributed by atoms with E-state index in [1.807, 2.05) is 43.1 Å². The second-order valence-electron chi connectivity index (χ2n) is 9.53. The first-order valence-electron chi connectivity index (χ1n) is 12.7. The minimum atomic E-state index is -0.0722. The van der Waals surface area contributed by atoms with Crippen molar-refractivity contribution in [3.05, 3.63) is 41.3 Å². The number of benzene rings is 1. The smallest absolute Gasteiger partial charge is 0.240 e. The molecule has 3 aromatic heterocycles. The molecule has 194 valence electrons. The van der Waals surface area contributed by atoms with Crippen LogP contribution in [0.4, 0.5) is 0 Å².